The molecule has 0 aliphatic carbocycles. The lowest BCUT2D eigenvalue weighted by molar-refractivity contribution is 0.592. The van der Waals surface area contributed by atoms with E-state index >= 15 is 0 Å². The second-order valence-corrected chi connectivity index (χ2v) is 7.78. The fourth-order valence-corrected chi connectivity index (χ4v) is 3.14. The predicted octanol–water partition coefficient (Wildman–Crippen LogP) is 1.89. The minimum Gasteiger partial charge on any atom is -0.312 e. The molecule has 0 aliphatic rings. The molecule has 1 heterocycles. The average molecular weight is 261 g/mol. The van der Waals surface area contributed by atoms with Crippen molar-refractivity contribution in [2.45, 2.75) is 27.3 Å². The fourth-order valence-electron chi connectivity index (χ4n) is 1.45. The van der Waals surface area contributed by atoms with E-state index in [2.05, 4.69) is 25.2 Å². The van der Waals surface area contributed by atoms with Crippen LogP contribution in [-0.2, 0) is 16.4 Å². The van der Waals surface area contributed by atoms with E-state index in [9.17, 15) is 8.42 Å². The van der Waals surface area contributed by atoms with Gasteiger partial charge in [-0.25, -0.2) is 8.42 Å². The minimum atomic E-state index is -2.84. The average Bonchev–Trinajstić information content (AvgIpc) is 2.52. The number of sulfone groups is 1. The van der Waals surface area contributed by atoms with E-state index in [-0.39, 0.29) is 11.5 Å². The number of aryl methyl sites for hydroxylation is 2. The summed E-state index contributed by atoms with van der Waals surface area (Å²) in [7, 11) is -2.84. The quantitative estimate of drug-likeness (QED) is 0.795. The predicted molar refractivity (Wildman–Crippen MR) is 69.8 cm³/mol. The lowest BCUT2D eigenvalue weighted by Crippen LogP contribution is -2.23. The van der Waals surface area contributed by atoms with Gasteiger partial charge in [0.1, 0.15) is 0 Å². The molecule has 0 spiro atoms. The van der Waals surface area contributed by atoms with Gasteiger partial charge in [-0.1, -0.05) is 6.92 Å². The smallest absolute Gasteiger partial charge is 0.151 e. The molecule has 1 aromatic heterocycles. The van der Waals surface area contributed by atoms with Crippen LogP contribution in [0.15, 0.2) is 6.07 Å². The molecule has 1 rings (SSSR count). The highest BCUT2D eigenvalue weighted by Gasteiger charge is 2.07. The zero-order valence-corrected chi connectivity index (χ0v) is 11.7. The van der Waals surface area contributed by atoms with E-state index in [0.717, 1.165) is 6.54 Å². The molecule has 92 valence electrons. The standard InChI is InChI=1S/C11H19NO2S2/c1-4-16(13,14)6-5-12-8-11-7-9(2)15-10(11)3/h7,12H,4-6,8H2,1-3H3. The Morgan fingerprint density at radius 1 is 1.38 bits per heavy atom. The van der Waals surface area contributed by atoms with Gasteiger partial charge >= 0.3 is 0 Å². The number of thiophene rings is 1. The molecular formula is C11H19NO2S2. The second kappa shape index (κ2) is 5.80. The van der Waals surface area contributed by atoms with Crippen LogP contribution >= 0.6 is 11.3 Å². The largest absolute Gasteiger partial charge is 0.312 e. The van der Waals surface area contributed by atoms with Crippen molar-refractivity contribution < 1.29 is 8.42 Å². The van der Waals surface area contributed by atoms with Gasteiger partial charge in [0.25, 0.3) is 0 Å². The molecular weight excluding hydrogens is 242 g/mol. The topological polar surface area (TPSA) is 46.2 Å². The normalized spacial score (nSPS) is 11.9. The van der Waals surface area contributed by atoms with E-state index in [0.29, 0.717) is 6.54 Å². The lowest BCUT2D eigenvalue weighted by atomic mass is 10.2. The first-order chi connectivity index (χ1) is 7.44. The van der Waals surface area contributed by atoms with Crippen molar-refractivity contribution in [1.82, 2.24) is 5.32 Å². The maximum Gasteiger partial charge on any atom is 0.151 e. The van der Waals surface area contributed by atoms with E-state index in [1.165, 1.54) is 15.3 Å². The highest BCUT2D eigenvalue weighted by atomic mass is 32.2. The van der Waals surface area contributed by atoms with Gasteiger partial charge in [0.05, 0.1) is 5.75 Å². The SMILES string of the molecule is CCS(=O)(=O)CCNCc1cc(C)sc1C. The first kappa shape index (κ1) is 13.7. The van der Waals surface area contributed by atoms with Gasteiger partial charge in [-0.15, -0.1) is 11.3 Å². The molecule has 0 aromatic carbocycles. The van der Waals surface area contributed by atoms with Crippen LogP contribution in [0.25, 0.3) is 0 Å². The lowest BCUT2D eigenvalue weighted by Gasteiger charge is -2.04. The summed E-state index contributed by atoms with van der Waals surface area (Å²) in [6.45, 7) is 7.15. The second-order valence-electron chi connectivity index (χ2n) is 3.85. The Morgan fingerprint density at radius 2 is 2.06 bits per heavy atom. The Labute approximate surface area is 102 Å². The van der Waals surface area contributed by atoms with Gasteiger partial charge < -0.3 is 5.32 Å². The molecule has 1 N–H and O–H groups in total. The molecule has 1 aromatic rings. The highest BCUT2D eigenvalue weighted by molar-refractivity contribution is 7.91. The zero-order valence-electron chi connectivity index (χ0n) is 10.0. The molecule has 3 nitrogen and oxygen atoms in total. The van der Waals surface area contributed by atoms with Gasteiger partial charge in [-0.2, -0.15) is 0 Å². The number of rotatable bonds is 6. The molecule has 0 saturated heterocycles. The summed E-state index contributed by atoms with van der Waals surface area (Å²) >= 11 is 1.78. The van der Waals surface area contributed by atoms with Gasteiger partial charge in [0.2, 0.25) is 0 Å². The number of nitrogens with one attached hydrogen (secondary N) is 1. The van der Waals surface area contributed by atoms with E-state index in [1.54, 1.807) is 18.3 Å². The van der Waals surface area contributed by atoms with Crippen LogP contribution in [0, 0.1) is 13.8 Å². The summed E-state index contributed by atoms with van der Waals surface area (Å²) in [6.07, 6.45) is 0. The van der Waals surface area contributed by atoms with Gasteiger partial charge in [0.15, 0.2) is 9.84 Å². The summed E-state index contributed by atoms with van der Waals surface area (Å²) in [5.74, 6) is 0.455. The fraction of sp³-hybridized carbons (Fsp3) is 0.636. The zero-order chi connectivity index (χ0) is 12.2. The molecule has 0 unspecified atom stereocenters. The third kappa shape index (κ3) is 4.23. The molecule has 16 heavy (non-hydrogen) atoms. The molecule has 0 amide bonds. The molecule has 0 aliphatic heterocycles. The van der Waals surface area contributed by atoms with Crippen molar-refractivity contribution in [3.8, 4) is 0 Å². The summed E-state index contributed by atoms with van der Waals surface area (Å²) in [6, 6.07) is 2.15. The van der Waals surface area contributed by atoms with Crippen molar-refractivity contribution >= 4 is 21.2 Å². The van der Waals surface area contributed by atoms with E-state index in [1.807, 2.05) is 0 Å². The summed E-state index contributed by atoms with van der Waals surface area (Å²) in [5, 5.41) is 3.17. The maximum absolute atomic E-state index is 11.2. The number of hydrogen-bond donors (Lipinski definition) is 1. The molecule has 0 atom stereocenters. The minimum absolute atomic E-state index is 0.227. The van der Waals surface area contributed by atoms with Crippen LogP contribution < -0.4 is 5.32 Å². The van der Waals surface area contributed by atoms with Crippen LogP contribution in [0.1, 0.15) is 22.2 Å². The molecule has 0 fully saturated rings. The molecule has 0 radical (unpaired) electrons. The van der Waals surface area contributed by atoms with Crippen molar-refractivity contribution in [1.29, 1.82) is 0 Å². The Kier molecular flexibility index (Phi) is 4.95. The van der Waals surface area contributed by atoms with Crippen LogP contribution in [0.3, 0.4) is 0 Å². The van der Waals surface area contributed by atoms with Gasteiger partial charge in [0, 0.05) is 28.6 Å². The third-order valence-corrected chi connectivity index (χ3v) is 5.20. The van der Waals surface area contributed by atoms with Crippen molar-refractivity contribution in [2.75, 3.05) is 18.1 Å². The third-order valence-electron chi connectivity index (χ3n) is 2.49. The summed E-state index contributed by atoms with van der Waals surface area (Å²) in [4.78, 5) is 2.61. The first-order valence-electron chi connectivity index (χ1n) is 5.41. The van der Waals surface area contributed by atoms with Crippen LogP contribution in [0.2, 0.25) is 0 Å². The van der Waals surface area contributed by atoms with Crippen molar-refractivity contribution in [3.05, 3.63) is 21.4 Å². The summed E-state index contributed by atoms with van der Waals surface area (Å²) in [5.41, 5.74) is 1.27. The van der Waals surface area contributed by atoms with E-state index in [4.69, 9.17) is 0 Å². The number of hydrogen-bond acceptors (Lipinski definition) is 4. The maximum atomic E-state index is 11.2. The Balaban J connectivity index is 2.34. The Morgan fingerprint density at radius 3 is 2.56 bits per heavy atom. The Hall–Kier alpha value is -0.390. The van der Waals surface area contributed by atoms with Gasteiger partial charge in [-0.3, -0.25) is 0 Å². The Bertz CT molecular complexity index is 435. The molecule has 0 saturated carbocycles. The van der Waals surface area contributed by atoms with Crippen LogP contribution in [-0.4, -0.2) is 26.5 Å². The first-order valence-corrected chi connectivity index (χ1v) is 8.05. The molecule has 5 heteroatoms. The van der Waals surface area contributed by atoms with Crippen molar-refractivity contribution in [2.24, 2.45) is 0 Å². The molecule has 0 bridgehead atoms. The highest BCUT2D eigenvalue weighted by Crippen LogP contribution is 2.19. The van der Waals surface area contributed by atoms with Crippen LogP contribution in [0.4, 0.5) is 0 Å². The van der Waals surface area contributed by atoms with Gasteiger partial charge in [-0.05, 0) is 25.5 Å². The van der Waals surface area contributed by atoms with Crippen LogP contribution in [0.5, 0.6) is 0 Å². The van der Waals surface area contributed by atoms with Crippen molar-refractivity contribution in [3.63, 3.8) is 0 Å². The van der Waals surface area contributed by atoms with E-state index < -0.39 is 9.84 Å². The monoisotopic (exact) mass is 261 g/mol. The summed E-state index contributed by atoms with van der Waals surface area (Å²) < 4.78 is 22.5.